The van der Waals surface area contributed by atoms with Crippen molar-refractivity contribution in [2.24, 2.45) is 0 Å². The Kier molecular flexibility index (Phi) is 4.56. The van der Waals surface area contributed by atoms with Gasteiger partial charge in [0, 0.05) is 10.8 Å². The van der Waals surface area contributed by atoms with Gasteiger partial charge in [0.1, 0.15) is 12.9 Å². The molecule has 0 aromatic heterocycles. The molecule has 0 radical (unpaired) electrons. The van der Waals surface area contributed by atoms with E-state index >= 15 is 0 Å². The molecule has 122 valence electrons. The molecule has 2 rings (SSSR count). The Bertz CT molecular complexity index is 590. The molecule has 0 atom stereocenters. The molecule has 0 saturated carbocycles. The first kappa shape index (κ1) is 17.6. The van der Waals surface area contributed by atoms with Crippen LogP contribution in [0.2, 0.25) is 0 Å². The van der Waals surface area contributed by atoms with Gasteiger partial charge in [0.05, 0.1) is 17.8 Å². The third kappa shape index (κ3) is 3.27. The van der Waals surface area contributed by atoms with Crippen LogP contribution in [0.4, 0.5) is 0 Å². The van der Waals surface area contributed by atoms with E-state index in [0.29, 0.717) is 12.4 Å². The van der Waals surface area contributed by atoms with Gasteiger partial charge in [-0.1, -0.05) is 12.1 Å². The van der Waals surface area contributed by atoms with Gasteiger partial charge in [0.2, 0.25) is 0 Å². The second-order valence-corrected chi connectivity index (χ2v) is 10.3. The molecule has 4 nitrogen and oxygen atoms in total. The molecule has 0 unspecified atom stereocenters. The molecule has 0 amide bonds. The molecular weight excluding hydrogens is 298 g/mol. The Morgan fingerprint density at radius 1 is 1.14 bits per heavy atom. The first-order valence-electron chi connectivity index (χ1n) is 7.66. The van der Waals surface area contributed by atoms with Gasteiger partial charge in [-0.05, 0) is 54.0 Å². The first-order valence-corrected chi connectivity index (χ1v) is 10.3. The largest absolute Gasteiger partial charge is 0.498 e. The van der Waals surface area contributed by atoms with Crippen molar-refractivity contribution in [3.8, 4) is 5.75 Å². The average molecular weight is 324 g/mol. The molecule has 22 heavy (non-hydrogen) atoms. The molecule has 1 heterocycles. The van der Waals surface area contributed by atoms with Gasteiger partial charge in [0.25, 0.3) is 0 Å². The van der Waals surface area contributed by atoms with Gasteiger partial charge in [-0.15, -0.1) is 0 Å². The molecule has 1 aliphatic rings. The zero-order chi connectivity index (χ0) is 16.8. The maximum Gasteiger partial charge on any atom is 0.498 e. The van der Waals surface area contributed by atoms with Gasteiger partial charge < -0.3 is 18.6 Å². The van der Waals surface area contributed by atoms with Crippen molar-refractivity contribution in [3.63, 3.8) is 0 Å². The summed E-state index contributed by atoms with van der Waals surface area (Å²) in [5.41, 5.74) is 0.0487. The van der Waals surface area contributed by atoms with E-state index in [4.69, 9.17) is 14.0 Å². The van der Waals surface area contributed by atoms with E-state index in [2.05, 4.69) is 0 Å². The van der Waals surface area contributed by atoms with Gasteiger partial charge in [-0.2, -0.15) is 0 Å². The first-order chi connectivity index (χ1) is 9.98. The lowest BCUT2D eigenvalue weighted by Crippen LogP contribution is -2.41. The molecule has 0 N–H and O–H groups in total. The lowest BCUT2D eigenvalue weighted by Gasteiger charge is -2.32. The van der Waals surface area contributed by atoms with E-state index in [1.54, 1.807) is 13.3 Å². The Morgan fingerprint density at radius 2 is 1.68 bits per heavy atom. The minimum Gasteiger partial charge on any atom is -0.494 e. The van der Waals surface area contributed by atoms with Crippen LogP contribution in [0.5, 0.6) is 5.75 Å². The van der Waals surface area contributed by atoms with Crippen molar-refractivity contribution in [2.45, 2.75) is 45.8 Å². The lowest BCUT2D eigenvalue weighted by atomic mass is 9.78. The predicted molar refractivity (Wildman–Crippen MR) is 92.4 cm³/mol. The molecule has 6 heteroatoms. The molecule has 1 saturated heterocycles. The van der Waals surface area contributed by atoms with E-state index in [0.717, 1.165) is 10.8 Å². The lowest BCUT2D eigenvalue weighted by molar-refractivity contribution is 0.00578. The fourth-order valence-corrected chi connectivity index (χ4v) is 3.16. The van der Waals surface area contributed by atoms with Crippen LogP contribution in [0.3, 0.4) is 0 Å². The summed E-state index contributed by atoms with van der Waals surface area (Å²) in [5.74, 6) is 0.683. The Labute approximate surface area is 134 Å². The highest BCUT2D eigenvalue weighted by atomic mass is 31.2. The van der Waals surface area contributed by atoms with Crippen LogP contribution < -0.4 is 15.5 Å². The molecule has 1 fully saturated rings. The minimum atomic E-state index is -2.33. The van der Waals surface area contributed by atoms with Crippen LogP contribution in [0.1, 0.15) is 34.6 Å². The molecule has 0 spiro atoms. The molecule has 0 bridgehead atoms. The number of rotatable bonds is 4. The van der Waals surface area contributed by atoms with Gasteiger partial charge in [-0.3, -0.25) is 0 Å². The van der Waals surface area contributed by atoms with E-state index in [-0.39, 0.29) is 0 Å². The fourth-order valence-electron chi connectivity index (χ4n) is 2.30. The highest BCUT2D eigenvalue weighted by Gasteiger charge is 2.52. The van der Waals surface area contributed by atoms with E-state index in [9.17, 15) is 4.57 Å². The number of hydrogen-bond donors (Lipinski definition) is 0. The van der Waals surface area contributed by atoms with Crippen molar-refractivity contribution in [1.29, 1.82) is 0 Å². The molecular formula is C16H26BO4P. The Morgan fingerprint density at radius 3 is 2.14 bits per heavy atom. The summed E-state index contributed by atoms with van der Waals surface area (Å²) in [6.07, 6.45) is 0. The minimum absolute atomic E-state index is 0.398. The van der Waals surface area contributed by atoms with Crippen LogP contribution in [0, 0.1) is 0 Å². The van der Waals surface area contributed by atoms with Crippen molar-refractivity contribution in [2.75, 3.05) is 19.9 Å². The van der Waals surface area contributed by atoms with Crippen LogP contribution >= 0.6 is 7.14 Å². The third-order valence-electron chi connectivity index (χ3n) is 4.43. The SMILES string of the molecule is CCOc1cc(P(C)(C)=O)ccc1B1OC(C)(C)C(C)(C)O1. The third-order valence-corrected chi connectivity index (χ3v) is 5.95. The topological polar surface area (TPSA) is 44.8 Å². The van der Waals surface area contributed by atoms with Crippen molar-refractivity contribution >= 4 is 25.0 Å². The van der Waals surface area contributed by atoms with E-state index in [1.807, 2.05) is 52.8 Å². The number of hydrogen-bond acceptors (Lipinski definition) is 4. The van der Waals surface area contributed by atoms with Crippen LogP contribution in [-0.4, -0.2) is 38.3 Å². The second-order valence-electron chi connectivity index (χ2n) is 7.09. The molecule has 0 aliphatic carbocycles. The monoisotopic (exact) mass is 324 g/mol. The maximum absolute atomic E-state index is 12.3. The van der Waals surface area contributed by atoms with Crippen LogP contribution in [0.25, 0.3) is 0 Å². The van der Waals surface area contributed by atoms with Crippen molar-refractivity contribution in [3.05, 3.63) is 18.2 Å². The summed E-state index contributed by atoms with van der Waals surface area (Å²) in [6, 6.07) is 5.64. The maximum atomic E-state index is 12.3. The van der Waals surface area contributed by atoms with Crippen LogP contribution in [-0.2, 0) is 13.9 Å². The average Bonchev–Trinajstić information content (AvgIpc) is 2.57. The summed E-state index contributed by atoms with van der Waals surface area (Å²) in [5, 5.41) is 0.802. The quantitative estimate of drug-likeness (QED) is 0.631. The standard InChI is InChI=1S/C16H26BO4P/c1-8-19-14-11-12(22(6,7)18)9-10-13(14)17-20-15(2,3)16(4,5)21-17/h9-11H,8H2,1-7H3. The zero-order valence-electron chi connectivity index (χ0n) is 14.6. The summed E-state index contributed by atoms with van der Waals surface area (Å²) in [4.78, 5) is 0. The van der Waals surface area contributed by atoms with Gasteiger partial charge in [0.15, 0.2) is 0 Å². The summed E-state index contributed by atoms with van der Waals surface area (Å²) < 4.78 is 30.2. The van der Waals surface area contributed by atoms with Gasteiger partial charge in [-0.25, -0.2) is 0 Å². The van der Waals surface area contributed by atoms with E-state index < -0.39 is 25.5 Å². The smallest absolute Gasteiger partial charge is 0.494 e. The second kappa shape index (κ2) is 5.70. The number of ether oxygens (including phenoxy) is 1. The molecule has 1 aliphatic heterocycles. The van der Waals surface area contributed by atoms with Crippen LogP contribution in [0.15, 0.2) is 18.2 Å². The molecule has 1 aromatic rings. The summed E-state index contributed by atoms with van der Waals surface area (Å²) in [6.45, 7) is 14.1. The normalized spacial score (nSPS) is 20.2. The Balaban J connectivity index is 2.42. The van der Waals surface area contributed by atoms with E-state index in [1.165, 1.54) is 0 Å². The Hall–Kier alpha value is -0.765. The highest BCUT2D eigenvalue weighted by molar-refractivity contribution is 7.70. The van der Waals surface area contributed by atoms with Gasteiger partial charge >= 0.3 is 7.12 Å². The molecule has 1 aromatic carbocycles. The highest BCUT2D eigenvalue weighted by Crippen LogP contribution is 2.38. The zero-order valence-corrected chi connectivity index (χ0v) is 15.5. The van der Waals surface area contributed by atoms with Crippen molar-refractivity contribution in [1.82, 2.24) is 0 Å². The predicted octanol–water partition coefficient (Wildman–Crippen LogP) is 2.63. The summed E-state index contributed by atoms with van der Waals surface area (Å²) in [7, 11) is -2.81. The fraction of sp³-hybridized carbons (Fsp3) is 0.625. The number of benzene rings is 1. The summed E-state index contributed by atoms with van der Waals surface area (Å²) >= 11 is 0. The van der Waals surface area contributed by atoms with Crippen molar-refractivity contribution < 1.29 is 18.6 Å².